The summed E-state index contributed by atoms with van der Waals surface area (Å²) >= 11 is 5.80. The number of carbonyl (C=O) groups excluding carboxylic acids is 1. The van der Waals surface area contributed by atoms with Crippen molar-refractivity contribution in [2.75, 3.05) is 6.61 Å². The Hall–Kier alpha value is -1.02. The molecule has 18 heavy (non-hydrogen) atoms. The number of rotatable bonds is 5. The maximum Gasteiger partial charge on any atom is 0.338 e. The Bertz CT molecular complexity index is 440. The van der Waals surface area contributed by atoms with E-state index in [1.165, 1.54) is 6.42 Å². The number of hydrogen-bond donors (Lipinski definition) is 0. The summed E-state index contributed by atoms with van der Waals surface area (Å²) in [4.78, 5) is 11.7. The lowest BCUT2D eigenvalue weighted by Gasteiger charge is -2.06. The van der Waals surface area contributed by atoms with Crippen molar-refractivity contribution in [1.82, 2.24) is 0 Å². The van der Waals surface area contributed by atoms with E-state index in [0.29, 0.717) is 22.6 Å². The Morgan fingerprint density at radius 3 is 2.94 bits per heavy atom. The SMILES string of the molecule is CC1(C)CC1CCCOC(=O)c1[c]ccc(Cl)c1. The molecule has 1 fully saturated rings. The summed E-state index contributed by atoms with van der Waals surface area (Å²) in [6.07, 6.45) is 3.36. The number of ether oxygens (including phenoxy) is 1. The predicted molar refractivity (Wildman–Crippen MR) is 71.7 cm³/mol. The standard InChI is InChI=1S/C15H18ClO2/c1-15(2)10-12(15)6-4-8-18-14(17)11-5-3-7-13(16)9-11/h3,7,9,12H,4,6,8,10H2,1-2H3. The smallest absolute Gasteiger partial charge is 0.338 e. The third kappa shape index (κ3) is 3.49. The molecule has 0 bridgehead atoms. The summed E-state index contributed by atoms with van der Waals surface area (Å²) in [5.41, 5.74) is 0.902. The van der Waals surface area contributed by atoms with Crippen LogP contribution in [0.4, 0.5) is 0 Å². The summed E-state index contributed by atoms with van der Waals surface area (Å²) in [6.45, 7) is 5.04. The van der Waals surface area contributed by atoms with Crippen LogP contribution < -0.4 is 0 Å². The average molecular weight is 266 g/mol. The van der Waals surface area contributed by atoms with Crippen LogP contribution in [0.5, 0.6) is 0 Å². The maximum absolute atomic E-state index is 11.7. The molecule has 1 atom stereocenters. The van der Waals surface area contributed by atoms with Crippen LogP contribution in [0.2, 0.25) is 5.02 Å². The molecule has 1 aromatic rings. The highest BCUT2D eigenvalue weighted by Crippen LogP contribution is 2.53. The fourth-order valence-corrected chi connectivity index (χ4v) is 2.37. The van der Waals surface area contributed by atoms with E-state index in [4.69, 9.17) is 16.3 Å². The topological polar surface area (TPSA) is 26.3 Å². The van der Waals surface area contributed by atoms with Crippen molar-refractivity contribution in [2.45, 2.75) is 33.1 Å². The first-order valence-corrected chi connectivity index (χ1v) is 6.71. The average Bonchev–Trinajstić information content (AvgIpc) is 2.92. The minimum absolute atomic E-state index is 0.340. The number of benzene rings is 1. The third-order valence-electron chi connectivity index (χ3n) is 3.63. The fraction of sp³-hybridized carbons (Fsp3) is 0.533. The molecule has 0 heterocycles. The molecule has 1 aromatic carbocycles. The zero-order chi connectivity index (χ0) is 13.2. The van der Waals surface area contributed by atoms with E-state index in [0.717, 1.165) is 18.8 Å². The molecule has 0 amide bonds. The maximum atomic E-state index is 11.7. The molecule has 0 N–H and O–H groups in total. The van der Waals surface area contributed by atoms with Crippen LogP contribution in [0.3, 0.4) is 0 Å². The summed E-state index contributed by atoms with van der Waals surface area (Å²) in [5, 5.41) is 0.528. The van der Waals surface area contributed by atoms with Gasteiger partial charge in [-0.15, -0.1) is 0 Å². The summed E-state index contributed by atoms with van der Waals surface area (Å²) in [7, 11) is 0. The van der Waals surface area contributed by atoms with Crippen LogP contribution in [0, 0.1) is 17.4 Å². The molecule has 0 aromatic heterocycles. The molecule has 0 spiro atoms. The minimum Gasteiger partial charge on any atom is -0.462 e. The predicted octanol–water partition coefficient (Wildman–Crippen LogP) is 4.12. The number of esters is 1. The second-order valence-electron chi connectivity index (χ2n) is 5.59. The van der Waals surface area contributed by atoms with E-state index < -0.39 is 0 Å². The van der Waals surface area contributed by atoms with Gasteiger partial charge in [0.15, 0.2) is 0 Å². The molecule has 0 aliphatic heterocycles. The van der Waals surface area contributed by atoms with Crippen LogP contribution in [0.15, 0.2) is 18.2 Å². The van der Waals surface area contributed by atoms with Gasteiger partial charge in [0.05, 0.1) is 12.2 Å². The van der Waals surface area contributed by atoms with E-state index in [1.54, 1.807) is 18.2 Å². The van der Waals surface area contributed by atoms with Crippen molar-refractivity contribution >= 4 is 17.6 Å². The van der Waals surface area contributed by atoms with Crippen molar-refractivity contribution < 1.29 is 9.53 Å². The molecule has 1 saturated carbocycles. The van der Waals surface area contributed by atoms with Crippen molar-refractivity contribution in [3.63, 3.8) is 0 Å². The Morgan fingerprint density at radius 1 is 1.61 bits per heavy atom. The third-order valence-corrected chi connectivity index (χ3v) is 3.87. The first kappa shape index (κ1) is 13.4. The second-order valence-corrected chi connectivity index (χ2v) is 6.02. The Labute approximate surface area is 113 Å². The molecular weight excluding hydrogens is 248 g/mol. The quantitative estimate of drug-likeness (QED) is 0.591. The molecule has 97 valence electrons. The lowest BCUT2D eigenvalue weighted by atomic mass is 10.1. The zero-order valence-electron chi connectivity index (χ0n) is 10.8. The van der Waals surface area contributed by atoms with Crippen molar-refractivity contribution in [3.8, 4) is 0 Å². The van der Waals surface area contributed by atoms with Gasteiger partial charge in [0.1, 0.15) is 0 Å². The Kier molecular flexibility index (Phi) is 3.96. The lowest BCUT2D eigenvalue weighted by molar-refractivity contribution is 0.0495. The second kappa shape index (κ2) is 5.31. The molecule has 2 rings (SSSR count). The zero-order valence-corrected chi connectivity index (χ0v) is 11.6. The van der Waals surface area contributed by atoms with Gasteiger partial charge >= 0.3 is 5.97 Å². The van der Waals surface area contributed by atoms with E-state index >= 15 is 0 Å². The van der Waals surface area contributed by atoms with Gasteiger partial charge in [0.25, 0.3) is 0 Å². The van der Waals surface area contributed by atoms with Crippen LogP contribution in [-0.2, 0) is 4.74 Å². The van der Waals surface area contributed by atoms with E-state index in [2.05, 4.69) is 19.9 Å². The van der Waals surface area contributed by atoms with Crippen molar-refractivity contribution in [1.29, 1.82) is 0 Å². The number of hydrogen-bond acceptors (Lipinski definition) is 2. The largest absolute Gasteiger partial charge is 0.462 e. The van der Waals surface area contributed by atoms with E-state index in [-0.39, 0.29) is 5.97 Å². The fourth-order valence-electron chi connectivity index (χ4n) is 2.20. The molecule has 1 aliphatic carbocycles. The van der Waals surface area contributed by atoms with Gasteiger partial charge in [-0.3, -0.25) is 0 Å². The Morgan fingerprint density at radius 2 is 2.33 bits per heavy atom. The summed E-state index contributed by atoms with van der Waals surface area (Å²) in [6, 6.07) is 7.72. The van der Waals surface area contributed by atoms with Gasteiger partial charge in [-0.1, -0.05) is 31.5 Å². The first-order valence-electron chi connectivity index (χ1n) is 6.33. The van der Waals surface area contributed by atoms with Gasteiger partial charge in [-0.25, -0.2) is 4.79 Å². The van der Waals surface area contributed by atoms with Crippen LogP contribution in [0.1, 0.15) is 43.5 Å². The van der Waals surface area contributed by atoms with Crippen molar-refractivity contribution in [3.05, 3.63) is 34.9 Å². The van der Waals surface area contributed by atoms with Gasteiger partial charge in [-0.2, -0.15) is 0 Å². The molecule has 2 nitrogen and oxygen atoms in total. The molecule has 3 heteroatoms. The highest BCUT2D eigenvalue weighted by Gasteiger charge is 2.44. The first-order chi connectivity index (χ1) is 8.49. The van der Waals surface area contributed by atoms with Gasteiger partial charge in [0.2, 0.25) is 0 Å². The highest BCUT2D eigenvalue weighted by molar-refractivity contribution is 6.30. The van der Waals surface area contributed by atoms with Gasteiger partial charge < -0.3 is 4.74 Å². The van der Waals surface area contributed by atoms with E-state index in [9.17, 15) is 4.79 Å². The summed E-state index contributed by atoms with van der Waals surface area (Å²) in [5.74, 6) is 0.460. The van der Waals surface area contributed by atoms with Gasteiger partial charge in [-0.05, 0) is 48.8 Å². The van der Waals surface area contributed by atoms with Crippen molar-refractivity contribution in [2.24, 2.45) is 11.3 Å². The molecule has 1 radical (unpaired) electrons. The van der Waals surface area contributed by atoms with Crippen LogP contribution in [0.25, 0.3) is 0 Å². The molecule has 1 aliphatic rings. The van der Waals surface area contributed by atoms with E-state index in [1.807, 2.05) is 0 Å². The van der Waals surface area contributed by atoms with Gasteiger partial charge in [0, 0.05) is 5.02 Å². The van der Waals surface area contributed by atoms with Crippen LogP contribution >= 0.6 is 11.6 Å². The monoisotopic (exact) mass is 265 g/mol. The lowest BCUT2D eigenvalue weighted by Crippen LogP contribution is -2.07. The molecule has 0 saturated heterocycles. The summed E-state index contributed by atoms with van der Waals surface area (Å²) < 4.78 is 5.20. The normalized spacial score (nSPS) is 20.5. The molecular formula is C15H18ClO2. The molecule has 1 unspecified atom stereocenters. The highest BCUT2D eigenvalue weighted by atomic mass is 35.5. The number of carbonyl (C=O) groups is 1. The number of halogens is 1. The minimum atomic E-state index is -0.340. The Balaban J connectivity index is 1.69. The van der Waals surface area contributed by atoms with Crippen LogP contribution in [-0.4, -0.2) is 12.6 Å².